The second-order valence-electron chi connectivity index (χ2n) is 12.0. The second-order valence-corrected chi connectivity index (χ2v) is 12.5. The molecule has 0 aromatic heterocycles. The lowest BCUT2D eigenvalue weighted by molar-refractivity contribution is -0.0183. The van der Waals surface area contributed by atoms with E-state index in [1.54, 1.807) is 6.07 Å². The fourth-order valence-electron chi connectivity index (χ4n) is 6.32. The number of benzene rings is 2. The number of carbonyl (C=O) groups is 1. The number of hydrogen-bond donors (Lipinski definition) is 2. The second kappa shape index (κ2) is 10.1. The summed E-state index contributed by atoms with van der Waals surface area (Å²) in [6.07, 6.45) is 4.26. The van der Waals surface area contributed by atoms with E-state index in [0.29, 0.717) is 12.2 Å². The van der Waals surface area contributed by atoms with Crippen molar-refractivity contribution >= 4 is 23.3 Å². The minimum atomic E-state index is -0.707. The maximum Gasteiger partial charge on any atom is 0.338 e. The van der Waals surface area contributed by atoms with Gasteiger partial charge in [0.05, 0.1) is 30.6 Å². The largest absolute Gasteiger partial charge is 0.490 e. The van der Waals surface area contributed by atoms with E-state index in [9.17, 15) is 15.0 Å². The Morgan fingerprint density at radius 1 is 1.24 bits per heavy atom. The third kappa shape index (κ3) is 5.34. The SMILES string of the molecule is CC(C)(C)OC(=O)c1ccc2c(c1)N(C[C@@H]1CC[C@H]1C(O)CO)C[C@@]1(CCCc3cc(Cl)ccc31)CO2. The molecule has 0 saturated heterocycles. The Hall–Kier alpha value is -2.28. The van der Waals surface area contributed by atoms with Crippen LogP contribution in [-0.4, -0.2) is 54.2 Å². The van der Waals surface area contributed by atoms with Crippen molar-refractivity contribution < 1.29 is 24.5 Å². The van der Waals surface area contributed by atoms with E-state index in [1.807, 2.05) is 39.0 Å². The zero-order chi connectivity index (χ0) is 26.4. The average Bonchev–Trinajstić information content (AvgIpc) is 2.97. The molecule has 5 rings (SSSR count). The van der Waals surface area contributed by atoms with E-state index in [4.69, 9.17) is 21.1 Å². The lowest BCUT2D eigenvalue weighted by atomic mass is 9.68. The lowest BCUT2D eigenvalue weighted by Gasteiger charge is -2.45. The Balaban J connectivity index is 1.53. The van der Waals surface area contributed by atoms with E-state index in [2.05, 4.69) is 17.0 Å². The van der Waals surface area contributed by atoms with Gasteiger partial charge < -0.3 is 24.6 Å². The van der Waals surface area contributed by atoms with Crippen LogP contribution < -0.4 is 9.64 Å². The number of halogens is 1. The fourth-order valence-corrected chi connectivity index (χ4v) is 6.52. The highest BCUT2D eigenvalue weighted by atomic mass is 35.5. The number of anilines is 1. The van der Waals surface area contributed by atoms with Gasteiger partial charge in [-0.25, -0.2) is 4.79 Å². The molecule has 2 aliphatic carbocycles. The Kier molecular flexibility index (Phi) is 7.20. The van der Waals surface area contributed by atoms with Gasteiger partial charge in [-0.05, 0) is 106 Å². The molecule has 0 bridgehead atoms. The molecule has 0 amide bonds. The molecule has 2 aromatic rings. The fraction of sp³-hybridized carbons (Fsp3) is 0.567. The Morgan fingerprint density at radius 3 is 2.76 bits per heavy atom. The quantitative estimate of drug-likeness (QED) is 0.524. The van der Waals surface area contributed by atoms with Crippen molar-refractivity contribution in [3.05, 3.63) is 58.1 Å². The smallest absolute Gasteiger partial charge is 0.338 e. The highest BCUT2D eigenvalue weighted by Crippen LogP contribution is 2.46. The molecular weight excluding hydrogens is 490 g/mol. The Labute approximate surface area is 224 Å². The number of rotatable bonds is 5. The molecule has 4 atom stereocenters. The highest BCUT2D eigenvalue weighted by Gasteiger charge is 2.44. The molecule has 1 saturated carbocycles. The van der Waals surface area contributed by atoms with E-state index in [-0.39, 0.29) is 29.8 Å². The third-order valence-electron chi connectivity index (χ3n) is 8.28. The van der Waals surface area contributed by atoms with Gasteiger partial charge in [0.1, 0.15) is 11.4 Å². The number of aryl methyl sites for hydroxylation is 1. The van der Waals surface area contributed by atoms with Gasteiger partial charge in [0, 0.05) is 23.5 Å². The standard InChI is InChI=1S/C30H38ClNO5/c1-29(2,3)37-28(35)20-7-11-27-25(14-20)32(15-21-6-9-23(21)26(34)16-33)17-30(18-36-27)12-4-5-19-13-22(31)8-10-24(19)30/h7-8,10-11,13-14,21,23,26,33-34H,4-6,9,12,15-18H2,1-3H3/t21-,23+,26?,30-/m0/s1. The van der Waals surface area contributed by atoms with Crippen LogP contribution in [0.3, 0.4) is 0 Å². The summed E-state index contributed by atoms with van der Waals surface area (Å²) < 4.78 is 12.2. The van der Waals surface area contributed by atoms with Crippen LogP contribution in [0.2, 0.25) is 5.02 Å². The van der Waals surface area contributed by atoms with Crippen LogP contribution in [0.25, 0.3) is 0 Å². The topological polar surface area (TPSA) is 79.2 Å². The minimum absolute atomic E-state index is 0.0695. The number of aliphatic hydroxyl groups excluding tert-OH is 2. The number of ether oxygens (including phenoxy) is 2. The van der Waals surface area contributed by atoms with Crippen molar-refractivity contribution in [2.45, 2.75) is 70.0 Å². The maximum absolute atomic E-state index is 12.9. The third-order valence-corrected chi connectivity index (χ3v) is 8.52. The molecule has 3 aliphatic rings. The summed E-state index contributed by atoms with van der Waals surface area (Å²) in [6, 6.07) is 11.8. The summed E-state index contributed by atoms with van der Waals surface area (Å²) in [5.41, 5.74) is 3.14. The van der Waals surface area contributed by atoms with E-state index < -0.39 is 11.7 Å². The number of carbonyl (C=O) groups excluding carboxylic acids is 1. The summed E-state index contributed by atoms with van der Waals surface area (Å²) in [4.78, 5) is 15.3. The number of aliphatic hydroxyl groups is 2. The van der Waals surface area contributed by atoms with Crippen molar-refractivity contribution in [1.29, 1.82) is 0 Å². The summed E-state index contributed by atoms with van der Waals surface area (Å²) in [5.74, 6) is 0.719. The van der Waals surface area contributed by atoms with Gasteiger partial charge in [-0.3, -0.25) is 0 Å². The summed E-state index contributed by atoms with van der Waals surface area (Å²) in [5, 5.41) is 20.7. The first-order valence-electron chi connectivity index (χ1n) is 13.4. The zero-order valence-corrected chi connectivity index (χ0v) is 22.8. The van der Waals surface area contributed by atoms with E-state index >= 15 is 0 Å². The molecule has 1 spiro atoms. The van der Waals surface area contributed by atoms with Crippen LogP contribution >= 0.6 is 11.6 Å². The molecule has 1 unspecified atom stereocenters. The van der Waals surface area contributed by atoms with Gasteiger partial charge >= 0.3 is 5.97 Å². The Morgan fingerprint density at radius 2 is 2.05 bits per heavy atom. The van der Waals surface area contributed by atoms with Crippen LogP contribution in [0.1, 0.15) is 67.9 Å². The Bertz CT molecular complexity index is 1160. The van der Waals surface area contributed by atoms with E-state index in [1.165, 1.54) is 11.1 Å². The normalized spacial score (nSPS) is 25.8. The molecule has 6 nitrogen and oxygen atoms in total. The summed E-state index contributed by atoms with van der Waals surface area (Å²) >= 11 is 6.36. The molecule has 1 fully saturated rings. The van der Waals surface area contributed by atoms with Crippen molar-refractivity contribution in [3.63, 3.8) is 0 Å². The van der Waals surface area contributed by atoms with Gasteiger partial charge in [0.25, 0.3) is 0 Å². The van der Waals surface area contributed by atoms with Crippen molar-refractivity contribution in [1.82, 2.24) is 0 Å². The number of nitrogens with zero attached hydrogens (tertiary/aromatic N) is 1. The molecule has 1 heterocycles. The van der Waals surface area contributed by atoms with Gasteiger partial charge in [-0.15, -0.1) is 0 Å². The number of hydrogen-bond acceptors (Lipinski definition) is 6. The van der Waals surface area contributed by atoms with Crippen LogP contribution in [0.5, 0.6) is 5.75 Å². The van der Waals surface area contributed by atoms with Gasteiger partial charge in [0.15, 0.2) is 0 Å². The van der Waals surface area contributed by atoms with Crippen LogP contribution in [0.4, 0.5) is 5.69 Å². The minimum Gasteiger partial charge on any atom is -0.490 e. The highest BCUT2D eigenvalue weighted by molar-refractivity contribution is 6.30. The molecule has 7 heteroatoms. The zero-order valence-electron chi connectivity index (χ0n) is 22.0. The van der Waals surface area contributed by atoms with E-state index in [0.717, 1.165) is 61.7 Å². The van der Waals surface area contributed by atoms with Crippen LogP contribution in [0.15, 0.2) is 36.4 Å². The van der Waals surface area contributed by atoms with Gasteiger partial charge in [-0.1, -0.05) is 17.7 Å². The van der Waals surface area contributed by atoms with Crippen LogP contribution in [-0.2, 0) is 16.6 Å². The molecule has 37 heavy (non-hydrogen) atoms. The first-order chi connectivity index (χ1) is 17.6. The average molecular weight is 528 g/mol. The van der Waals surface area contributed by atoms with Crippen molar-refractivity contribution in [3.8, 4) is 5.75 Å². The molecule has 1 aliphatic heterocycles. The molecule has 0 radical (unpaired) electrons. The molecule has 2 N–H and O–H groups in total. The first kappa shape index (κ1) is 26.3. The van der Waals surface area contributed by atoms with Gasteiger partial charge in [-0.2, -0.15) is 0 Å². The number of esters is 1. The number of fused-ring (bicyclic) bond motifs is 3. The predicted octanol–water partition coefficient (Wildman–Crippen LogP) is 5.15. The van der Waals surface area contributed by atoms with Crippen LogP contribution in [0, 0.1) is 11.8 Å². The van der Waals surface area contributed by atoms with Crippen molar-refractivity contribution in [2.75, 3.05) is 31.2 Å². The molecule has 2 aromatic carbocycles. The molecular formula is C30H38ClNO5. The monoisotopic (exact) mass is 527 g/mol. The molecule has 200 valence electrons. The lowest BCUT2D eigenvalue weighted by Crippen LogP contribution is -2.50. The van der Waals surface area contributed by atoms with Gasteiger partial charge in [0.2, 0.25) is 0 Å². The van der Waals surface area contributed by atoms with Crippen molar-refractivity contribution in [2.24, 2.45) is 11.8 Å². The predicted molar refractivity (Wildman–Crippen MR) is 145 cm³/mol. The summed E-state index contributed by atoms with van der Waals surface area (Å²) in [7, 11) is 0. The first-order valence-corrected chi connectivity index (χ1v) is 13.8. The maximum atomic E-state index is 12.9. The summed E-state index contributed by atoms with van der Waals surface area (Å²) in [6.45, 7) is 7.38.